The fraction of sp³-hybridized carbons (Fsp3) is 0.455. The number of rotatable bonds is 4. The SMILES string of the molecule is CON(C)C(c1ccccc1)C(C)N. The number of hydrogen-bond donors (Lipinski definition) is 1. The maximum absolute atomic E-state index is 5.92. The molecule has 1 rings (SSSR count). The second-order valence-electron chi connectivity index (χ2n) is 3.44. The van der Waals surface area contributed by atoms with Crippen LogP contribution in [0, 0.1) is 0 Å². The van der Waals surface area contributed by atoms with Gasteiger partial charge < -0.3 is 10.6 Å². The first-order chi connectivity index (χ1) is 6.66. The zero-order valence-corrected chi connectivity index (χ0v) is 8.97. The molecular weight excluding hydrogens is 176 g/mol. The molecule has 0 heterocycles. The lowest BCUT2D eigenvalue weighted by Gasteiger charge is -2.29. The molecule has 2 N–H and O–H groups in total. The van der Waals surface area contributed by atoms with Gasteiger partial charge in [-0.25, -0.2) is 0 Å². The van der Waals surface area contributed by atoms with E-state index in [4.69, 9.17) is 10.6 Å². The molecule has 2 atom stereocenters. The topological polar surface area (TPSA) is 38.5 Å². The highest BCUT2D eigenvalue weighted by Gasteiger charge is 2.20. The van der Waals surface area contributed by atoms with E-state index in [2.05, 4.69) is 12.1 Å². The Balaban J connectivity index is 2.89. The molecule has 0 aromatic heterocycles. The van der Waals surface area contributed by atoms with Crippen molar-refractivity contribution in [2.45, 2.75) is 19.0 Å². The van der Waals surface area contributed by atoms with Crippen molar-refractivity contribution >= 4 is 0 Å². The van der Waals surface area contributed by atoms with Crippen LogP contribution in [0.15, 0.2) is 30.3 Å². The van der Waals surface area contributed by atoms with Gasteiger partial charge in [0.05, 0.1) is 13.2 Å². The molecule has 78 valence electrons. The summed E-state index contributed by atoms with van der Waals surface area (Å²) in [6, 6.07) is 10.3. The highest BCUT2D eigenvalue weighted by atomic mass is 16.7. The Bertz CT molecular complexity index is 261. The Kier molecular flexibility index (Phi) is 4.07. The summed E-state index contributed by atoms with van der Waals surface area (Å²) in [4.78, 5) is 5.18. The quantitative estimate of drug-likeness (QED) is 0.739. The highest BCUT2D eigenvalue weighted by molar-refractivity contribution is 5.19. The Morgan fingerprint density at radius 2 is 1.86 bits per heavy atom. The summed E-state index contributed by atoms with van der Waals surface area (Å²) in [5, 5.41) is 1.78. The maximum atomic E-state index is 5.92. The number of hydrogen-bond acceptors (Lipinski definition) is 3. The molecule has 3 nitrogen and oxygen atoms in total. The van der Waals surface area contributed by atoms with Crippen LogP contribution in [0.2, 0.25) is 0 Å². The van der Waals surface area contributed by atoms with E-state index in [0.29, 0.717) is 0 Å². The van der Waals surface area contributed by atoms with Crippen molar-refractivity contribution in [3.05, 3.63) is 35.9 Å². The van der Waals surface area contributed by atoms with Crippen molar-refractivity contribution in [1.82, 2.24) is 5.06 Å². The molecule has 3 heteroatoms. The van der Waals surface area contributed by atoms with E-state index in [0.717, 1.165) is 0 Å². The van der Waals surface area contributed by atoms with E-state index in [1.54, 1.807) is 12.2 Å². The van der Waals surface area contributed by atoms with Gasteiger partial charge in [-0.05, 0) is 12.5 Å². The van der Waals surface area contributed by atoms with Gasteiger partial charge in [-0.3, -0.25) is 0 Å². The number of nitrogens with zero attached hydrogens (tertiary/aromatic N) is 1. The minimum Gasteiger partial charge on any atom is -0.326 e. The summed E-state index contributed by atoms with van der Waals surface area (Å²) in [6.07, 6.45) is 0. The van der Waals surface area contributed by atoms with Crippen LogP contribution in [0.4, 0.5) is 0 Å². The molecular formula is C11H18N2O. The lowest BCUT2D eigenvalue weighted by atomic mass is 10.0. The van der Waals surface area contributed by atoms with Crippen molar-refractivity contribution in [3.63, 3.8) is 0 Å². The van der Waals surface area contributed by atoms with Gasteiger partial charge in [-0.2, -0.15) is 5.06 Å². The first kappa shape index (κ1) is 11.2. The first-order valence-electron chi connectivity index (χ1n) is 4.74. The second kappa shape index (κ2) is 5.10. The van der Waals surface area contributed by atoms with E-state index in [9.17, 15) is 0 Å². The van der Waals surface area contributed by atoms with Gasteiger partial charge in [0.2, 0.25) is 0 Å². The number of nitrogens with two attached hydrogens (primary N) is 1. The fourth-order valence-corrected chi connectivity index (χ4v) is 1.61. The molecule has 14 heavy (non-hydrogen) atoms. The zero-order valence-electron chi connectivity index (χ0n) is 8.97. The van der Waals surface area contributed by atoms with Gasteiger partial charge in [0, 0.05) is 13.1 Å². The predicted octanol–water partition coefficient (Wildman–Crippen LogP) is 1.57. The van der Waals surface area contributed by atoms with Crippen LogP contribution in [0.5, 0.6) is 0 Å². The number of benzene rings is 1. The van der Waals surface area contributed by atoms with Gasteiger partial charge in [0.15, 0.2) is 0 Å². The maximum Gasteiger partial charge on any atom is 0.0747 e. The van der Waals surface area contributed by atoms with E-state index >= 15 is 0 Å². The highest BCUT2D eigenvalue weighted by Crippen LogP contribution is 2.21. The third-order valence-corrected chi connectivity index (χ3v) is 2.32. The lowest BCUT2D eigenvalue weighted by Crippen LogP contribution is -2.36. The van der Waals surface area contributed by atoms with Gasteiger partial charge in [-0.1, -0.05) is 30.3 Å². The van der Waals surface area contributed by atoms with E-state index in [1.165, 1.54) is 5.56 Å². The number of hydroxylamine groups is 2. The molecule has 1 aromatic carbocycles. The molecule has 0 aliphatic rings. The normalized spacial score (nSPS) is 15.5. The summed E-state index contributed by atoms with van der Waals surface area (Å²) in [5.74, 6) is 0. The summed E-state index contributed by atoms with van der Waals surface area (Å²) in [6.45, 7) is 1.98. The average molecular weight is 194 g/mol. The van der Waals surface area contributed by atoms with Crippen molar-refractivity contribution in [3.8, 4) is 0 Å². The Hall–Kier alpha value is -0.900. The van der Waals surface area contributed by atoms with Gasteiger partial charge in [-0.15, -0.1) is 0 Å². The third kappa shape index (κ3) is 2.54. The van der Waals surface area contributed by atoms with Crippen molar-refractivity contribution in [1.29, 1.82) is 0 Å². The van der Waals surface area contributed by atoms with Crippen LogP contribution >= 0.6 is 0 Å². The molecule has 0 bridgehead atoms. The first-order valence-corrected chi connectivity index (χ1v) is 4.74. The molecule has 0 amide bonds. The van der Waals surface area contributed by atoms with Gasteiger partial charge >= 0.3 is 0 Å². The second-order valence-corrected chi connectivity index (χ2v) is 3.44. The Morgan fingerprint density at radius 3 is 2.29 bits per heavy atom. The summed E-state index contributed by atoms with van der Waals surface area (Å²) < 4.78 is 0. The molecule has 2 unspecified atom stereocenters. The third-order valence-electron chi connectivity index (χ3n) is 2.32. The summed E-state index contributed by atoms with van der Waals surface area (Å²) >= 11 is 0. The van der Waals surface area contributed by atoms with Crippen molar-refractivity contribution in [2.75, 3.05) is 14.2 Å². The molecule has 0 spiro atoms. The standard InChI is InChI=1S/C11H18N2O/c1-9(12)11(13(2)14-3)10-7-5-4-6-8-10/h4-9,11H,12H2,1-3H3. The Labute approximate surface area is 85.4 Å². The van der Waals surface area contributed by atoms with Gasteiger partial charge in [0.25, 0.3) is 0 Å². The van der Waals surface area contributed by atoms with Gasteiger partial charge in [0.1, 0.15) is 0 Å². The molecule has 0 radical (unpaired) electrons. The van der Waals surface area contributed by atoms with Crippen LogP contribution in [-0.4, -0.2) is 25.3 Å². The molecule has 1 aromatic rings. The van der Waals surface area contributed by atoms with Crippen LogP contribution in [0.25, 0.3) is 0 Å². The Morgan fingerprint density at radius 1 is 1.29 bits per heavy atom. The molecule has 0 aliphatic carbocycles. The zero-order chi connectivity index (χ0) is 10.6. The number of likely N-dealkylation sites (N-methyl/N-ethyl adjacent to an activating group) is 1. The van der Waals surface area contributed by atoms with Crippen LogP contribution < -0.4 is 5.73 Å². The fourth-order valence-electron chi connectivity index (χ4n) is 1.61. The molecule has 0 aliphatic heterocycles. The minimum absolute atomic E-state index is 0.0300. The molecule has 0 fully saturated rings. The smallest absolute Gasteiger partial charge is 0.0747 e. The minimum atomic E-state index is 0.0300. The predicted molar refractivity (Wildman–Crippen MR) is 57.6 cm³/mol. The molecule has 0 saturated carbocycles. The largest absolute Gasteiger partial charge is 0.326 e. The van der Waals surface area contributed by atoms with E-state index in [-0.39, 0.29) is 12.1 Å². The van der Waals surface area contributed by atoms with Crippen LogP contribution in [-0.2, 0) is 4.84 Å². The van der Waals surface area contributed by atoms with Crippen LogP contribution in [0.3, 0.4) is 0 Å². The average Bonchev–Trinajstić information content (AvgIpc) is 2.19. The lowest BCUT2D eigenvalue weighted by molar-refractivity contribution is -0.146. The van der Waals surface area contributed by atoms with Crippen molar-refractivity contribution < 1.29 is 4.84 Å². The van der Waals surface area contributed by atoms with E-state index < -0.39 is 0 Å². The summed E-state index contributed by atoms with van der Waals surface area (Å²) in [7, 11) is 3.54. The van der Waals surface area contributed by atoms with E-state index in [1.807, 2.05) is 32.2 Å². The monoisotopic (exact) mass is 194 g/mol. The summed E-state index contributed by atoms with van der Waals surface area (Å²) in [5.41, 5.74) is 7.10. The van der Waals surface area contributed by atoms with Crippen molar-refractivity contribution in [2.24, 2.45) is 5.73 Å². The molecule has 0 saturated heterocycles. The van der Waals surface area contributed by atoms with Crippen LogP contribution in [0.1, 0.15) is 18.5 Å².